The molecule has 2 N–H and O–H groups in total. The highest BCUT2D eigenvalue weighted by atomic mass is 32.1. The molecule has 1 aliphatic heterocycles. The fourth-order valence-electron chi connectivity index (χ4n) is 3.73. The lowest BCUT2D eigenvalue weighted by molar-refractivity contribution is -0.322. The molecule has 1 fully saturated rings. The SMILES string of the molecule is COc1cc(OC)c([C@@H]2NC(=O)N(C)[C@@](O)(C(F)(F)F)[C@H]2C(=O)c2cccs2)cc1OC. The third kappa shape index (κ3) is 3.62. The number of amides is 2. The van der Waals surface area contributed by atoms with Crippen molar-refractivity contribution in [1.82, 2.24) is 10.2 Å². The molecule has 3 rings (SSSR count). The first-order valence-electron chi connectivity index (χ1n) is 9.22. The normalized spacial score (nSPS) is 23.5. The van der Waals surface area contributed by atoms with Gasteiger partial charge in [0, 0.05) is 18.7 Å². The van der Waals surface area contributed by atoms with Gasteiger partial charge in [-0.05, 0) is 17.5 Å². The minimum Gasteiger partial charge on any atom is -0.496 e. The molecule has 1 aliphatic rings. The number of thiophene rings is 1. The van der Waals surface area contributed by atoms with E-state index in [4.69, 9.17) is 14.2 Å². The van der Waals surface area contributed by atoms with Crippen LogP contribution in [-0.4, -0.2) is 62.1 Å². The van der Waals surface area contributed by atoms with Crippen molar-refractivity contribution >= 4 is 23.2 Å². The molecular weight excluding hydrogens is 453 g/mol. The number of rotatable bonds is 6. The molecule has 3 atom stereocenters. The van der Waals surface area contributed by atoms with Gasteiger partial charge >= 0.3 is 12.2 Å². The molecule has 0 spiro atoms. The van der Waals surface area contributed by atoms with Crippen molar-refractivity contribution in [3.8, 4) is 17.2 Å². The molecule has 1 aromatic carbocycles. The number of carbonyl (C=O) groups is 2. The second kappa shape index (κ2) is 8.51. The Kier molecular flexibility index (Phi) is 6.29. The Hall–Kier alpha value is -2.99. The predicted molar refractivity (Wildman–Crippen MR) is 108 cm³/mol. The third-order valence-electron chi connectivity index (χ3n) is 5.40. The van der Waals surface area contributed by atoms with E-state index in [1.54, 1.807) is 0 Å². The lowest BCUT2D eigenvalue weighted by Crippen LogP contribution is -2.72. The number of hydrogen-bond donors (Lipinski definition) is 2. The number of hydrogen-bond acceptors (Lipinski definition) is 7. The van der Waals surface area contributed by atoms with Crippen molar-refractivity contribution in [2.75, 3.05) is 28.4 Å². The van der Waals surface area contributed by atoms with Gasteiger partial charge in [0.05, 0.1) is 32.2 Å². The molecule has 1 saturated heterocycles. The number of halogens is 3. The first-order valence-corrected chi connectivity index (χ1v) is 10.1. The van der Waals surface area contributed by atoms with E-state index in [1.807, 2.05) is 0 Å². The van der Waals surface area contributed by atoms with Crippen LogP contribution in [0.2, 0.25) is 0 Å². The Morgan fingerprint density at radius 2 is 1.75 bits per heavy atom. The quantitative estimate of drug-likeness (QED) is 0.624. The molecular formula is C20H21F3N2O6S. The molecule has 0 radical (unpaired) electrons. The molecule has 0 unspecified atom stereocenters. The summed E-state index contributed by atoms with van der Waals surface area (Å²) in [5, 5.41) is 14.9. The molecule has 2 heterocycles. The Labute approximate surface area is 185 Å². The second-order valence-corrected chi connectivity index (χ2v) is 7.93. The summed E-state index contributed by atoms with van der Waals surface area (Å²) in [6.45, 7) is 0. The van der Waals surface area contributed by atoms with Crippen LogP contribution in [0.4, 0.5) is 18.0 Å². The van der Waals surface area contributed by atoms with Gasteiger partial charge in [0.2, 0.25) is 0 Å². The standard InChI is InChI=1S/C20H21F3N2O6S/c1-25-18(27)24-16(10-8-12(30-3)13(31-4)9-11(10)29-2)15(19(25,28)20(21,22)23)17(26)14-6-5-7-32-14/h5-9,15-16,28H,1-4H3,(H,24,27)/t15-,16+,19+/m1/s1. The fourth-order valence-corrected chi connectivity index (χ4v) is 4.44. The van der Waals surface area contributed by atoms with E-state index in [0.717, 1.165) is 18.4 Å². The van der Waals surface area contributed by atoms with E-state index in [0.29, 0.717) is 0 Å². The second-order valence-electron chi connectivity index (χ2n) is 6.98. The lowest BCUT2D eigenvalue weighted by Gasteiger charge is -2.49. The summed E-state index contributed by atoms with van der Waals surface area (Å²) >= 11 is 0.924. The van der Waals surface area contributed by atoms with E-state index < -0.39 is 35.7 Å². The van der Waals surface area contributed by atoms with Crippen molar-refractivity contribution in [2.45, 2.75) is 17.9 Å². The molecule has 174 valence electrons. The molecule has 2 aromatic rings. The van der Waals surface area contributed by atoms with Crippen molar-refractivity contribution in [3.05, 3.63) is 40.1 Å². The van der Waals surface area contributed by atoms with Crippen molar-refractivity contribution in [1.29, 1.82) is 0 Å². The van der Waals surface area contributed by atoms with E-state index in [-0.39, 0.29) is 32.6 Å². The zero-order valence-corrected chi connectivity index (χ0v) is 18.3. The average Bonchev–Trinajstić information content (AvgIpc) is 3.30. The summed E-state index contributed by atoms with van der Waals surface area (Å²) < 4.78 is 58.4. The largest absolute Gasteiger partial charge is 0.496 e. The average molecular weight is 474 g/mol. The highest BCUT2D eigenvalue weighted by Crippen LogP contribution is 2.50. The molecule has 12 heteroatoms. The summed E-state index contributed by atoms with van der Waals surface area (Å²) in [6, 6.07) is 2.69. The van der Waals surface area contributed by atoms with Crippen molar-refractivity contribution in [2.24, 2.45) is 5.92 Å². The van der Waals surface area contributed by atoms with Gasteiger partial charge in [-0.1, -0.05) is 6.07 Å². The van der Waals surface area contributed by atoms with E-state index >= 15 is 0 Å². The number of alkyl halides is 3. The zero-order chi connectivity index (χ0) is 23.8. The van der Waals surface area contributed by atoms with Gasteiger partial charge in [-0.2, -0.15) is 13.2 Å². The maximum Gasteiger partial charge on any atom is 0.437 e. The number of carbonyl (C=O) groups excluding carboxylic acids is 2. The fraction of sp³-hybridized carbons (Fsp3) is 0.400. The molecule has 32 heavy (non-hydrogen) atoms. The molecule has 1 aromatic heterocycles. The number of methoxy groups -OCH3 is 3. The Morgan fingerprint density at radius 1 is 1.16 bits per heavy atom. The van der Waals surface area contributed by atoms with E-state index in [2.05, 4.69) is 5.32 Å². The highest BCUT2D eigenvalue weighted by molar-refractivity contribution is 7.12. The van der Waals surface area contributed by atoms with Crippen molar-refractivity contribution < 1.29 is 42.1 Å². The van der Waals surface area contributed by atoms with Gasteiger partial charge in [-0.3, -0.25) is 9.69 Å². The van der Waals surface area contributed by atoms with Gasteiger partial charge in [0.15, 0.2) is 17.3 Å². The maximum atomic E-state index is 14.2. The van der Waals surface area contributed by atoms with E-state index in [9.17, 15) is 27.9 Å². The van der Waals surface area contributed by atoms with Crippen LogP contribution in [0.15, 0.2) is 29.6 Å². The van der Waals surface area contributed by atoms with Crippen LogP contribution in [-0.2, 0) is 0 Å². The first kappa shape index (κ1) is 23.7. The smallest absolute Gasteiger partial charge is 0.437 e. The van der Waals surface area contributed by atoms with Crippen LogP contribution in [0.3, 0.4) is 0 Å². The predicted octanol–water partition coefficient (Wildman–Crippen LogP) is 3.22. The topological polar surface area (TPSA) is 97.3 Å². The van der Waals surface area contributed by atoms with Crippen molar-refractivity contribution in [3.63, 3.8) is 0 Å². The van der Waals surface area contributed by atoms with Gasteiger partial charge in [0.25, 0.3) is 5.72 Å². The number of benzene rings is 1. The molecule has 0 aliphatic carbocycles. The van der Waals surface area contributed by atoms with Crippen LogP contribution in [0.25, 0.3) is 0 Å². The minimum absolute atomic E-state index is 0.00387. The van der Waals surface area contributed by atoms with Crippen LogP contribution < -0.4 is 19.5 Å². The van der Waals surface area contributed by atoms with E-state index in [1.165, 1.54) is 51.0 Å². The number of ether oxygens (including phenoxy) is 3. The van der Waals surface area contributed by atoms with Gasteiger partial charge in [0.1, 0.15) is 11.7 Å². The van der Waals surface area contributed by atoms with Gasteiger partial charge in [-0.25, -0.2) is 4.79 Å². The monoisotopic (exact) mass is 474 g/mol. The Morgan fingerprint density at radius 3 is 2.25 bits per heavy atom. The molecule has 0 saturated carbocycles. The number of urea groups is 1. The van der Waals surface area contributed by atoms with Crippen LogP contribution >= 0.6 is 11.3 Å². The van der Waals surface area contributed by atoms with Crippen LogP contribution in [0.1, 0.15) is 21.3 Å². The Bertz CT molecular complexity index is 1010. The number of aliphatic hydroxyl groups is 1. The molecule has 2 amide bonds. The van der Waals surface area contributed by atoms with Crippen LogP contribution in [0.5, 0.6) is 17.2 Å². The summed E-state index contributed by atoms with van der Waals surface area (Å²) in [4.78, 5) is 25.9. The summed E-state index contributed by atoms with van der Waals surface area (Å²) in [7, 11) is 4.73. The number of ketones is 1. The zero-order valence-electron chi connectivity index (χ0n) is 17.5. The molecule has 8 nitrogen and oxygen atoms in total. The lowest BCUT2D eigenvalue weighted by atomic mass is 9.77. The number of nitrogens with one attached hydrogen (secondary N) is 1. The molecule has 0 bridgehead atoms. The first-order chi connectivity index (χ1) is 15.0. The highest BCUT2D eigenvalue weighted by Gasteiger charge is 2.69. The summed E-state index contributed by atoms with van der Waals surface area (Å²) in [6.07, 6.45) is -5.35. The minimum atomic E-state index is -5.35. The summed E-state index contributed by atoms with van der Waals surface area (Å²) in [5.74, 6) is -2.76. The number of nitrogens with zero attached hydrogens (tertiary/aromatic N) is 1. The number of Topliss-reactive ketones (excluding diaryl/α,β-unsaturated/α-hetero) is 1. The summed E-state index contributed by atoms with van der Waals surface area (Å²) in [5.41, 5.74) is -3.79. The van der Waals surface area contributed by atoms with Gasteiger partial charge in [-0.15, -0.1) is 11.3 Å². The van der Waals surface area contributed by atoms with Crippen LogP contribution in [0, 0.1) is 5.92 Å². The van der Waals surface area contributed by atoms with Gasteiger partial charge < -0.3 is 24.6 Å². The Balaban J connectivity index is 2.30. The third-order valence-corrected chi connectivity index (χ3v) is 6.28. The maximum absolute atomic E-state index is 14.2.